The summed E-state index contributed by atoms with van der Waals surface area (Å²) in [7, 11) is -2.73. The van der Waals surface area contributed by atoms with Gasteiger partial charge in [-0.2, -0.15) is 0 Å². The predicted molar refractivity (Wildman–Crippen MR) is 75.9 cm³/mol. The van der Waals surface area contributed by atoms with Crippen molar-refractivity contribution >= 4 is 14.0 Å². The lowest BCUT2D eigenvalue weighted by Gasteiger charge is -2.29. The topological polar surface area (TPSA) is 27.7 Å². The van der Waals surface area contributed by atoms with Crippen LogP contribution in [-0.2, 0) is 13.3 Å². The lowest BCUT2D eigenvalue weighted by Crippen LogP contribution is -2.57. The second kappa shape index (κ2) is 7.69. The molecule has 0 spiro atoms. The molecule has 0 saturated carbocycles. The summed E-state index contributed by atoms with van der Waals surface area (Å²) in [5.74, 6) is 0.460. The zero-order valence-electron chi connectivity index (χ0n) is 11.8. The summed E-state index contributed by atoms with van der Waals surface area (Å²) >= 11 is 0. The van der Waals surface area contributed by atoms with E-state index in [9.17, 15) is 0 Å². The fourth-order valence-electron chi connectivity index (χ4n) is 1.67. The molecule has 0 aliphatic rings. The monoisotopic (exact) mass is 268 g/mol. The zero-order valence-corrected chi connectivity index (χ0v) is 12.8. The lowest BCUT2D eigenvalue weighted by atomic mass is 10.2. The Morgan fingerprint density at radius 2 is 1.50 bits per heavy atom. The maximum absolute atomic E-state index is 6.05. The van der Waals surface area contributed by atoms with Crippen LogP contribution in [0.15, 0.2) is 30.3 Å². The Kier molecular flexibility index (Phi) is 6.57. The van der Waals surface area contributed by atoms with E-state index in [0.29, 0.717) is 25.7 Å². The summed E-state index contributed by atoms with van der Waals surface area (Å²) in [6.07, 6.45) is 0. The fourth-order valence-corrected chi connectivity index (χ4v) is 4.34. The zero-order chi connectivity index (χ0) is 13.4. The summed E-state index contributed by atoms with van der Waals surface area (Å²) in [5.41, 5.74) is 0. The van der Waals surface area contributed by atoms with Gasteiger partial charge in [-0.25, -0.2) is 0 Å². The van der Waals surface area contributed by atoms with E-state index in [1.54, 1.807) is 0 Å². The van der Waals surface area contributed by atoms with Crippen LogP contribution in [-0.4, -0.2) is 28.6 Å². The summed E-state index contributed by atoms with van der Waals surface area (Å²) in [4.78, 5) is 0. The molecule has 4 heteroatoms. The number of benzene rings is 1. The van der Waals surface area contributed by atoms with Gasteiger partial charge in [-0.15, -0.1) is 0 Å². The van der Waals surface area contributed by atoms with Gasteiger partial charge < -0.3 is 13.3 Å². The standard InChI is InChI=1S/C14H24O3Si/c1-5-15-18(16-6-2,17-12-13(3)4)14-10-8-7-9-11-14/h7-11,13H,5-6,12H2,1-4H3. The Balaban J connectivity index is 2.96. The molecule has 0 bridgehead atoms. The smallest absolute Gasteiger partial charge is 0.370 e. The maximum Gasteiger partial charge on any atom is 0.537 e. The molecule has 0 aliphatic heterocycles. The van der Waals surface area contributed by atoms with Crippen LogP contribution < -0.4 is 5.19 Å². The molecular formula is C14H24O3Si. The van der Waals surface area contributed by atoms with E-state index >= 15 is 0 Å². The van der Waals surface area contributed by atoms with Crippen molar-refractivity contribution in [3.8, 4) is 0 Å². The molecule has 1 aromatic carbocycles. The molecule has 1 rings (SSSR count). The van der Waals surface area contributed by atoms with Gasteiger partial charge in [-0.1, -0.05) is 44.2 Å². The van der Waals surface area contributed by atoms with Crippen LogP contribution in [0.5, 0.6) is 0 Å². The third kappa shape index (κ3) is 4.21. The third-order valence-corrected chi connectivity index (χ3v) is 5.33. The van der Waals surface area contributed by atoms with Crippen LogP contribution in [0.2, 0.25) is 0 Å². The van der Waals surface area contributed by atoms with Crippen LogP contribution in [0.3, 0.4) is 0 Å². The minimum absolute atomic E-state index is 0.460. The molecule has 0 N–H and O–H groups in total. The van der Waals surface area contributed by atoms with E-state index < -0.39 is 8.80 Å². The second-order valence-corrected chi connectivity index (χ2v) is 7.05. The predicted octanol–water partition coefficient (Wildman–Crippen LogP) is 2.58. The number of hydrogen-bond donors (Lipinski definition) is 0. The minimum Gasteiger partial charge on any atom is -0.370 e. The molecule has 0 fully saturated rings. The fraction of sp³-hybridized carbons (Fsp3) is 0.571. The summed E-state index contributed by atoms with van der Waals surface area (Å²) < 4.78 is 17.9. The quantitative estimate of drug-likeness (QED) is 0.678. The van der Waals surface area contributed by atoms with Crippen molar-refractivity contribution in [3.05, 3.63) is 30.3 Å². The first-order valence-electron chi connectivity index (χ1n) is 6.62. The Morgan fingerprint density at radius 3 is 1.94 bits per heavy atom. The van der Waals surface area contributed by atoms with Crippen LogP contribution >= 0.6 is 0 Å². The van der Waals surface area contributed by atoms with Gasteiger partial charge in [-0.05, 0) is 19.8 Å². The van der Waals surface area contributed by atoms with E-state index in [2.05, 4.69) is 13.8 Å². The highest BCUT2D eigenvalue weighted by molar-refractivity contribution is 6.75. The Bertz CT molecular complexity index is 321. The van der Waals surface area contributed by atoms with Crippen LogP contribution in [0.25, 0.3) is 0 Å². The highest BCUT2D eigenvalue weighted by atomic mass is 28.4. The van der Waals surface area contributed by atoms with E-state index in [-0.39, 0.29) is 0 Å². The van der Waals surface area contributed by atoms with Crippen molar-refractivity contribution in [2.45, 2.75) is 27.7 Å². The van der Waals surface area contributed by atoms with Crippen molar-refractivity contribution in [1.29, 1.82) is 0 Å². The van der Waals surface area contributed by atoms with E-state index in [4.69, 9.17) is 13.3 Å². The van der Waals surface area contributed by atoms with Gasteiger partial charge in [0.2, 0.25) is 0 Å². The first kappa shape index (κ1) is 15.4. The molecule has 0 atom stereocenters. The maximum atomic E-state index is 6.05. The van der Waals surface area contributed by atoms with Crippen LogP contribution in [0.4, 0.5) is 0 Å². The number of rotatable bonds is 8. The van der Waals surface area contributed by atoms with Crippen molar-refractivity contribution < 1.29 is 13.3 Å². The van der Waals surface area contributed by atoms with Crippen molar-refractivity contribution in [2.24, 2.45) is 5.92 Å². The Morgan fingerprint density at radius 1 is 0.944 bits per heavy atom. The molecule has 102 valence electrons. The van der Waals surface area contributed by atoms with Gasteiger partial charge in [0.15, 0.2) is 0 Å². The molecule has 0 radical (unpaired) electrons. The largest absolute Gasteiger partial charge is 0.537 e. The van der Waals surface area contributed by atoms with Crippen molar-refractivity contribution in [2.75, 3.05) is 19.8 Å². The van der Waals surface area contributed by atoms with E-state index in [1.165, 1.54) is 0 Å². The first-order chi connectivity index (χ1) is 8.64. The van der Waals surface area contributed by atoms with Gasteiger partial charge in [-0.3, -0.25) is 0 Å². The first-order valence-corrected chi connectivity index (χ1v) is 8.34. The molecule has 18 heavy (non-hydrogen) atoms. The summed E-state index contributed by atoms with van der Waals surface area (Å²) in [5, 5.41) is 1.04. The Labute approximate surface area is 111 Å². The second-order valence-electron chi connectivity index (χ2n) is 4.49. The molecule has 0 unspecified atom stereocenters. The molecular weight excluding hydrogens is 244 g/mol. The average Bonchev–Trinajstić information content (AvgIpc) is 2.37. The van der Waals surface area contributed by atoms with E-state index in [0.717, 1.165) is 5.19 Å². The lowest BCUT2D eigenvalue weighted by molar-refractivity contribution is 0.0721. The normalized spacial score (nSPS) is 12.1. The van der Waals surface area contributed by atoms with Gasteiger partial charge in [0.05, 0.1) is 0 Å². The van der Waals surface area contributed by atoms with Gasteiger partial charge in [0.1, 0.15) is 0 Å². The minimum atomic E-state index is -2.73. The van der Waals surface area contributed by atoms with E-state index in [1.807, 2.05) is 44.2 Å². The summed E-state index contributed by atoms with van der Waals surface area (Å²) in [6.45, 7) is 10.1. The average molecular weight is 268 g/mol. The van der Waals surface area contributed by atoms with Gasteiger partial charge >= 0.3 is 8.80 Å². The number of hydrogen-bond acceptors (Lipinski definition) is 3. The van der Waals surface area contributed by atoms with Crippen LogP contribution in [0.1, 0.15) is 27.7 Å². The van der Waals surface area contributed by atoms with Gasteiger partial charge in [0, 0.05) is 25.0 Å². The third-order valence-electron chi connectivity index (χ3n) is 2.40. The van der Waals surface area contributed by atoms with Crippen LogP contribution in [0, 0.1) is 5.92 Å². The van der Waals surface area contributed by atoms with Crippen molar-refractivity contribution in [3.63, 3.8) is 0 Å². The molecule has 0 amide bonds. The van der Waals surface area contributed by atoms with Crippen molar-refractivity contribution in [1.82, 2.24) is 0 Å². The molecule has 3 nitrogen and oxygen atoms in total. The SMILES string of the molecule is CCO[Si](OCC)(OCC(C)C)c1ccccc1. The highest BCUT2D eigenvalue weighted by Gasteiger charge is 2.43. The summed E-state index contributed by atoms with van der Waals surface area (Å²) in [6, 6.07) is 10.0. The Hall–Kier alpha value is -0.683. The molecule has 0 aromatic heterocycles. The van der Waals surface area contributed by atoms with Gasteiger partial charge in [0.25, 0.3) is 0 Å². The highest BCUT2D eigenvalue weighted by Crippen LogP contribution is 2.12. The molecule has 1 aromatic rings. The molecule has 0 heterocycles. The molecule has 0 saturated heterocycles. The molecule has 0 aliphatic carbocycles.